The minimum Gasteiger partial charge on any atom is -0.285 e. The molecule has 1 aliphatic heterocycles. The van der Waals surface area contributed by atoms with Crippen LogP contribution in [-0.2, 0) is 11.2 Å². The van der Waals surface area contributed by atoms with Crippen LogP contribution in [0.15, 0.2) is 0 Å². The summed E-state index contributed by atoms with van der Waals surface area (Å²) in [6, 6.07) is 0. The van der Waals surface area contributed by atoms with Gasteiger partial charge in [0.15, 0.2) is 0 Å². The minimum atomic E-state index is 0.0185. The van der Waals surface area contributed by atoms with E-state index in [0.717, 1.165) is 17.8 Å². The van der Waals surface area contributed by atoms with Crippen molar-refractivity contribution in [3.63, 3.8) is 0 Å². The average Bonchev–Trinajstić information content (AvgIpc) is 2.96. The lowest BCUT2D eigenvalue weighted by atomic mass is 10.1. The van der Waals surface area contributed by atoms with Crippen LogP contribution in [0.4, 0.5) is 5.13 Å². The molecule has 4 nitrogen and oxygen atoms in total. The topological polar surface area (TPSA) is 46.1 Å². The van der Waals surface area contributed by atoms with Gasteiger partial charge in [-0.3, -0.25) is 9.69 Å². The zero-order valence-corrected chi connectivity index (χ0v) is 11.4. The van der Waals surface area contributed by atoms with Gasteiger partial charge < -0.3 is 0 Å². The normalized spacial score (nSPS) is 19.2. The van der Waals surface area contributed by atoms with Crippen LogP contribution in [0.2, 0.25) is 0 Å². The third-order valence-electron chi connectivity index (χ3n) is 3.04. The van der Waals surface area contributed by atoms with Crippen LogP contribution in [0, 0.1) is 18.3 Å². The van der Waals surface area contributed by atoms with Crippen molar-refractivity contribution in [1.29, 1.82) is 0 Å². The fourth-order valence-electron chi connectivity index (χ4n) is 1.99. The number of carbonyl (C=O) groups excluding carboxylic acids is 1. The molecule has 18 heavy (non-hydrogen) atoms. The first kappa shape index (κ1) is 13.0. The van der Waals surface area contributed by atoms with Crippen LogP contribution in [0.3, 0.4) is 0 Å². The molecule has 2 heterocycles. The lowest BCUT2D eigenvalue weighted by Gasteiger charge is -2.09. The van der Waals surface area contributed by atoms with Crippen molar-refractivity contribution in [2.75, 3.05) is 11.4 Å². The molecule has 1 aliphatic rings. The van der Waals surface area contributed by atoms with Crippen LogP contribution in [0.1, 0.15) is 37.6 Å². The minimum absolute atomic E-state index is 0.0185. The number of aryl methyl sites for hydroxylation is 1. The largest absolute Gasteiger partial charge is 0.285 e. The Morgan fingerprint density at radius 3 is 3.00 bits per heavy atom. The molecule has 0 aromatic carbocycles. The molecule has 0 saturated carbocycles. The van der Waals surface area contributed by atoms with Crippen molar-refractivity contribution in [3.8, 4) is 12.3 Å². The monoisotopic (exact) mass is 263 g/mol. The van der Waals surface area contributed by atoms with E-state index in [2.05, 4.69) is 23.0 Å². The Balaban J connectivity index is 1.98. The Bertz CT molecular complexity index is 463. The fraction of sp³-hybridized carbons (Fsp3) is 0.615. The van der Waals surface area contributed by atoms with Crippen molar-refractivity contribution >= 4 is 22.4 Å². The van der Waals surface area contributed by atoms with Gasteiger partial charge in [0.25, 0.3) is 0 Å². The third-order valence-corrected chi connectivity index (χ3v) is 4.05. The molecule has 5 heteroatoms. The Morgan fingerprint density at radius 1 is 1.50 bits per heavy atom. The first-order valence-electron chi connectivity index (χ1n) is 6.33. The molecule has 1 unspecified atom stereocenters. The second-order valence-electron chi connectivity index (χ2n) is 4.51. The van der Waals surface area contributed by atoms with Crippen molar-refractivity contribution in [2.24, 2.45) is 5.92 Å². The van der Waals surface area contributed by atoms with Gasteiger partial charge in [0, 0.05) is 25.3 Å². The quantitative estimate of drug-likeness (QED) is 0.604. The molecular weight excluding hydrogens is 246 g/mol. The van der Waals surface area contributed by atoms with E-state index in [-0.39, 0.29) is 11.8 Å². The maximum absolute atomic E-state index is 11.8. The summed E-state index contributed by atoms with van der Waals surface area (Å²) >= 11 is 1.51. The number of hydrogen-bond acceptors (Lipinski definition) is 4. The van der Waals surface area contributed by atoms with Gasteiger partial charge in [-0.1, -0.05) is 31.1 Å². The second kappa shape index (κ2) is 5.96. The van der Waals surface area contributed by atoms with Crippen LogP contribution >= 0.6 is 11.3 Å². The molecule has 1 aromatic rings. The van der Waals surface area contributed by atoms with Crippen molar-refractivity contribution in [1.82, 2.24) is 10.2 Å². The summed E-state index contributed by atoms with van der Waals surface area (Å²) in [5.74, 6) is 2.72. The highest BCUT2D eigenvalue weighted by Crippen LogP contribution is 2.28. The first-order valence-corrected chi connectivity index (χ1v) is 7.15. The number of anilines is 1. The van der Waals surface area contributed by atoms with Crippen molar-refractivity contribution < 1.29 is 4.79 Å². The van der Waals surface area contributed by atoms with E-state index in [4.69, 9.17) is 6.42 Å². The highest BCUT2D eigenvalue weighted by atomic mass is 32.1. The maximum Gasteiger partial charge on any atom is 0.230 e. The lowest BCUT2D eigenvalue weighted by Crippen LogP contribution is -2.24. The molecule has 1 atom stereocenters. The molecule has 1 aromatic heterocycles. The summed E-state index contributed by atoms with van der Waals surface area (Å²) in [5.41, 5.74) is 0. The second-order valence-corrected chi connectivity index (χ2v) is 5.55. The number of terminal acetylenes is 1. The van der Waals surface area contributed by atoms with Crippen molar-refractivity contribution in [3.05, 3.63) is 5.01 Å². The van der Waals surface area contributed by atoms with E-state index in [1.54, 1.807) is 4.90 Å². The zero-order valence-electron chi connectivity index (χ0n) is 10.6. The maximum atomic E-state index is 11.8. The predicted octanol–water partition coefficient (Wildman–Crippen LogP) is 2.26. The molecular formula is C13H17N3OS. The van der Waals surface area contributed by atoms with E-state index in [1.807, 2.05) is 0 Å². The summed E-state index contributed by atoms with van der Waals surface area (Å²) in [7, 11) is 0. The molecule has 1 saturated heterocycles. The van der Waals surface area contributed by atoms with E-state index in [9.17, 15) is 4.79 Å². The molecule has 0 aliphatic carbocycles. The Labute approximate surface area is 111 Å². The SMILES string of the molecule is C#CC1CC(=O)N(c2nnc(CCCCC)s2)C1. The fourth-order valence-corrected chi connectivity index (χ4v) is 2.89. The predicted molar refractivity (Wildman–Crippen MR) is 72.4 cm³/mol. The molecule has 0 radical (unpaired) electrons. The van der Waals surface area contributed by atoms with E-state index >= 15 is 0 Å². The van der Waals surface area contributed by atoms with E-state index in [0.29, 0.717) is 18.1 Å². The van der Waals surface area contributed by atoms with Crippen molar-refractivity contribution in [2.45, 2.75) is 39.0 Å². The molecule has 0 bridgehead atoms. The number of unbranched alkanes of at least 4 members (excludes halogenated alkanes) is 2. The molecule has 0 spiro atoms. The molecule has 96 valence electrons. The summed E-state index contributed by atoms with van der Waals surface area (Å²) < 4.78 is 0. The number of hydrogen-bond donors (Lipinski definition) is 0. The summed E-state index contributed by atoms with van der Waals surface area (Å²) in [6.07, 6.45) is 10.3. The third kappa shape index (κ3) is 2.88. The van der Waals surface area contributed by atoms with Crippen LogP contribution < -0.4 is 4.90 Å². The van der Waals surface area contributed by atoms with Gasteiger partial charge in [-0.05, 0) is 6.42 Å². The highest BCUT2D eigenvalue weighted by Gasteiger charge is 2.31. The number of nitrogens with zero attached hydrogens (tertiary/aromatic N) is 3. The zero-order chi connectivity index (χ0) is 13.0. The number of aromatic nitrogens is 2. The van der Waals surface area contributed by atoms with Crippen LogP contribution in [0.25, 0.3) is 0 Å². The highest BCUT2D eigenvalue weighted by molar-refractivity contribution is 7.15. The molecule has 0 N–H and O–H groups in total. The van der Waals surface area contributed by atoms with E-state index in [1.165, 1.54) is 24.2 Å². The first-order chi connectivity index (χ1) is 8.74. The van der Waals surface area contributed by atoms with Gasteiger partial charge >= 0.3 is 0 Å². The Kier molecular flexibility index (Phi) is 4.32. The Morgan fingerprint density at radius 2 is 2.33 bits per heavy atom. The summed E-state index contributed by atoms with van der Waals surface area (Å²) in [6.45, 7) is 2.76. The molecule has 1 fully saturated rings. The average molecular weight is 263 g/mol. The van der Waals surface area contributed by atoms with Gasteiger partial charge in [-0.15, -0.1) is 22.5 Å². The smallest absolute Gasteiger partial charge is 0.230 e. The van der Waals surface area contributed by atoms with Gasteiger partial charge in [-0.25, -0.2) is 0 Å². The molecule has 1 amide bonds. The van der Waals surface area contributed by atoms with E-state index < -0.39 is 0 Å². The summed E-state index contributed by atoms with van der Waals surface area (Å²) in [4.78, 5) is 13.5. The standard InChI is InChI=1S/C13H17N3OS/c1-3-5-6-7-11-14-15-13(18-11)16-9-10(4-2)8-12(16)17/h2,10H,3,5-9H2,1H3. The summed E-state index contributed by atoms with van der Waals surface area (Å²) in [5, 5.41) is 9.95. The van der Waals surface area contributed by atoms with Gasteiger partial charge in [-0.2, -0.15) is 0 Å². The van der Waals surface area contributed by atoms with Gasteiger partial charge in [0.05, 0.1) is 0 Å². The number of amides is 1. The van der Waals surface area contributed by atoms with Crippen LogP contribution in [0.5, 0.6) is 0 Å². The van der Waals surface area contributed by atoms with Gasteiger partial charge in [0.1, 0.15) is 5.01 Å². The number of rotatable bonds is 5. The lowest BCUT2D eigenvalue weighted by molar-refractivity contribution is -0.117. The van der Waals surface area contributed by atoms with Gasteiger partial charge in [0.2, 0.25) is 11.0 Å². The Hall–Kier alpha value is -1.41. The molecule has 2 rings (SSSR count). The van der Waals surface area contributed by atoms with Crippen LogP contribution in [-0.4, -0.2) is 22.6 Å². The number of carbonyl (C=O) groups is 1.